The van der Waals surface area contributed by atoms with E-state index in [1.165, 1.54) is 0 Å². The molecule has 0 aromatic carbocycles. The molecule has 200 valence electrons. The van der Waals surface area contributed by atoms with Crippen molar-refractivity contribution in [2.75, 3.05) is 52.1 Å². The molecule has 1 aromatic rings. The predicted molar refractivity (Wildman–Crippen MR) is 132 cm³/mol. The zero-order chi connectivity index (χ0) is 25.7. The lowest BCUT2D eigenvalue weighted by Gasteiger charge is -2.43. The molecule has 0 spiro atoms. The van der Waals surface area contributed by atoms with Crippen LogP contribution < -0.4 is 16.6 Å². The van der Waals surface area contributed by atoms with Crippen LogP contribution in [0.3, 0.4) is 0 Å². The van der Waals surface area contributed by atoms with Crippen LogP contribution in [0.4, 0.5) is 10.2 Å². The fourth-order valence-electron chi connectivity index (χ4n) is 5.58. The lowest BCUT2D eigenvalue weighted by molar-refractivity contribution is -0.158. The minimum Gasteiger partial charge on any atom is -0.461 e. The van der Waals surface area contributed by atoms with Crippen LogP contribution in [-0.4, -0.2) is 91.3 Å². The highest BCUT2D eigenvalue weighted by molar-refractivity contribution is 5.94. The number of aromatic nitrogens is 1. The number of nitrogen functional groups attached to an aromatic ring is 1. The molecule has 0 radical (unpaired) electrons. The number of piperidine rings is 4. The zero-order valence-corrected chi connectivity index (χ0v) is 21.0. The first-order valence-corrected chi connectivity index (χ1v) is 13.0. The first kappa shape index (κ1) is 26.6. The van der Waals surface area contributed by atoms with Crippen LogP contribution >= 0.6 is 0 Å². The SMILES string of the molecule is CO[C@@H]1CN(CCCCCC(=O)O[C@H]2CN3CCC2CC3)CC[C@@H]1NC(=O)c1cc(F)c(N)[nH]c1=O. The van der Waals surface area contributed by atoms with Gasteiger partial charge in [0.1, 0.15) is 17.5 Å². The summed E-state index contributed by atoms with van der Waals surface area (Å²) < 4.78 is 25.1. The number of nitrogens with zero attached hydrogens (tertiary/aromatic N) is 2. The summed E-state index contributed by atoms with van der Waals surface area (Å²) in [4.78, 5) is 43.6. The molecule has 5 heterocycles. The molecule has 5 rings (SSSR count). The van der Waals surface area contributed by atoms with Crippen LogP contribution in [0, 0.1) is 11.7 Å². The number of nitrogens with two attached hydrogens (primary N) is 1. The van der Waals surface area contributed by atoms with Gasteiger partial charge >= 0.3 is 5.97 Å². The highest BCUT2D eigenvalue weighted by Crippen LogP contribution is 2.29. The van der Waals surface area contributed by atoms with Crippen molar-refractivity contribution >= 4 is 17.7 Å². The molecular weight excluding hydrogens is 469 g/mol. The number of esters is 1. The van der Waals surface area contributed by atoms with E-state index < -0.39 is 23.1 Å². The van der Waals surface area contributed by atoms with Gasteiger partial charge in [-0.25, -0.2) is 4.39 Å². The molecule has 0 unspecified atom stereocenters. The van der Waals surface area contributed by atoms with Crippen LogP contribution in [0.1, 0.15) is 55.3 Å². The van der Waals surface area contributed by atoms with Crippen molar-refractivity contribution in [1.29, 1.82) is 0 Å². The first-order valence-electron chi connectivity index (χ1n) is 13.0. The number of ether oxygens (including phenoxy) is 2. The molecule has 10 nitrogen and oxygen atoms in total. The summed E-state index contributed by atoms with van der Waals surface area (Å²) in [6.45, 7) is 5.43. The normalized spacial score (nSPS) is 28.1. The Labute approximate surface area is 210 Å². The van der Waals surface area contributed by atoms with Crippen molar-refractivity contribution in [3.05, 3.63) is 27.8 Å². The molecule has 1 amide bonds. The van der Waals surface area contributed by atoms with E-state index in [0.717, 1.165) is 70.9 Å². The molecule has 3 atom stereocenters. The summed E-state index contributed by atoms with van der Waals surface area (Å²) in [5.41, 5.74) is 4.30. The maximum Gasteiger partial charge on any atom is 0.306 e. The Kier molecular flexibility index (Phi) is 8.97. The lowest BCUT2D eigenvalue weighted by atomic mass is 9.86. The van der Waals surface area contributed by atoms with Crippen LogP contribution in [0.5, 0.6) is 0 Å². The molecular formula is C25H38FN5O5. The van der Waals surface area contributed by atoms with Gasteiger partial charge in [-0.1, -0.05) is 6.42 Å². The fourth-order valence-corrected chi connectivity index (χ4v) is 5.58. The van der Waals surface area contributed by atoms with E-state index in [1.54, 1.807) is 7.11 Å². The second kappa shape index (κ2) is 12.2. The average molecular weight is 508 g/mol. The zero-order valence-electron chi connectivity index (χ0n) is 21.0. The van der Waals surface area contributed by atoms with E-state index in [4.69, 9.17) is 15.2 Å². The molecule has 4 aliphatic heterocycles. The smallest absolute Gasteiger partial charge is 0.306 e. The number of halogens is 1. The summed E-state index contributed by atoms with van der Waals surface area (Å²) >= 11 is 0. The van der Waals surface area contributed by atoms with E-state index in [9.17, 15) is 18.8 Å². The van der Waals surface area contributed by atoms with Gasteiger partial charge in [0.15, 0.2) is 5.82 Å². The van der Waals surface area contributed by atoms with Crippen molar-refractivity contribution in [1.82, 2.24) is 20.1 Å². The number of H-pyrrole nitrogens is 1. The van der Waals surface area contributed by atoms with E-state index in [0.29, 0.717) is 25.3 Å². The number of likely N-dealkylation sites (tertiary alicyclic amines) is 1. The number of anilines is 1. The molecule has 1 aromatic heterocycles. The fraction of sp³-hybridized carbons (Fsp3) is 0.720. The Bertz CT molecular complexity index is 980. The molecule has 36 heavy (non-hydrogen) atoms. The summed E-state index contributed by atoms with van der Waals surface area (Å²) in [6.07, 6.45) is 5.91. The number of hydrogen-bond donors (Lipinski definition) is 3. The Hall–Kier alpha value is -2.50. The molecule has 11 heteroatoms. The number of unbranched alkanes of at least 4 members (excludes halogenated alkanes) is 2. The number of carbonyl (C=O) groups is 2. The number of methoxy groups -OCH3 is 1. The van der Waals surface area contributed by atoms with Gasteiger partial charge in [0.05, 0.1) is 12.1 Å². The second-order valence-corrected chi connectivity index (χ2v) is 10.2. The van der Waals surface area contributed by atoms with Gasteiger partial charge in [-0.2, -0.15) is 0 Å². The molecule has 0 saturated carbocycles. The van der Waals surface area contributed by atoms with Gasteiger partial charge in [0.2, 0.25) is 0 Å². The van der Waals surface area contributed by atoms with E-state index >= 15 is 0 Å². The number of hydrogen-bond acceptors (Lipinski definition) is 8. The highest BCUT2D eigenvalue weighted by atomic mass is 19.1. The Morgan fingerprint density at radius 2 is 1.92 bits per heavy atom. The Morgan fingerprint density at radius 1 is 1.14 bits per heavy atom. The van der Waals surface area contributed by atoms with E-state index in [-0.39, 0.29) is 29.8 Å². The molecule has 2 bridgehead atoms. The number of nitrogens with one attached hydrogen (secondary N) is 2. The van der Waals surface area contributed by atoms with Crippen molar-refractivity contribution < 1.29 is 23.5 Å². The number of carbonyl (C=O) groups excluding carboxylic acids is 2. The van der Waals surface area contributed by atoms with Crippen LogP contribution in [-0.2, 0) is 14.3 Å². The van der Waals surface area contributed by atoms with Gasteiger partial charge in [0.25, 0.3) is 11.5 Å². The predicted octanol–water partition coefficient (Wildman–Crippen LogP) is 1.11. The minimum absolute atomic E-state index is 0.0742. The monoisotopic (exact) mass is 507 g/mol. The van der Waals surface area contributed by atoms with Crippen LogP contribution in [0.2, 0.25) is 0 Å². The first-order chi connectivity index (χ1) is 17.3. The largest absolute Gasteiger partial charge is 0.461 e. The number of rotatable bonds is 10. The van der Waals surface area contributed by atoms with Gasteiger partial charge < -0.3 is 30.4 Å². The van der Waals surface area contributed by atoms with E-state index in [1.807, 2.05) is 0 Å². The van der Waals surface area contributed by atoms with Crippen molar-refractivity contribution in [2.45, 2.75) is 63.2 Å². The standard InChI is InChI=1S/C25H38FN5O5/c1-35-21-15-30(12-8-19(21)28-24(33)17-13-18(26)23(27)29-25(17)34)9-4-2-3-5-22(32)36-20-14-31-10-6-16(20)7-11-31/h13,16,19-21H,2-12,14-15H2,1H3,(H,28,33)(H3,27,29,34)/t19-,20-,21+/m0/s1. The lowest BCUT2D eigenvalue weighted by Crippen LogP contribution is -2.55. The number of pyridine rings is 1. The summed E-state index contributed by atoms with van der Waals surface area (Å²) in [7, 11) is 1.59. The second-order valence-electron chi connectivity index (χ2n) is 10.2. The highest BCUT2D eigenvalue weighted by Gasteiger charge is 2.36. The molecule has 4 saturated heterocycles. The third-order valence-electron chi connectivity index (χ3n) is 7.76. The molecule has 0 aliphatic carbocycles. The average Bonchev–Trinajstić information content (AvgIpc) is 2.87. The Morgan fingerprint density at radius 3 is 2.61 bits per heavy atom. The maximum atomic E-state index is 13.7. The van der Waals surface area contributed by atoms with Crippen LogP contribution in [0.25, 0.3) is 0 Å². The van der Waals surface area contributed by atoms with Crippen molar-refractivity contribution in [3.8, 4) is 0 Å². The van der Waals surface area contributed by atoms with Crippen molar-refractivity contribution in [2.24, 2.45) is 5.92 Å². The Balaban J connectivity index is 1.14. The minimum atomic E-state index is -0.842. The number of aromatic amines is 1. The molecule has 4 aliphatic rings. The summed E-state index contributed by atoms with van der Waals surface area (Å²) in [6, 6.07) is 0.563. The van der Waals surface area contributed by atoms with Gasteiger partial charge in [-0.3, -0.25) is 19.3 Å². The van der Waals surface area contributed by atoms with Gasteiger partial charge in [0, 0.05) is 33.2 Å². The van der Waals surface area contributed by atoms with Gasteiger partial charge in [-0.15, -0.1) is 0 Å². The molecule has 4 fully saturated rings. The maximum absolute atomic E-state index is 13.7. The quantitative estimate of drug-likeness (QED) is 0.317. The van der Waals surface area contributed by atoms with E-state index in [2.05, 4.69) is 20.1 Å². The van der Waals surface area contributed by atoms with Gasteiger partial charge in [-0.05, 0) is 63.7 Å². The third kappa shape index (κ3) is 6.63. The number of amides is 1. The number of fused-ring (bicyclic) bond motifs is 3. The van der Waals surface area contributed by atoms with Crippen molar-refractivity contribution in [3.63, 3.8) is 0 Å². The molecule has 4 N–H and O–H groups in total. The summed E-state index contributed by atoms with van der Waals surface area (Å²) in [5.74, 6) is -1.44. The third-order valence-corrected chi connectivity index (χ3v) is 7.76. The van der Waals surface area contributed by atoms with Crippen LogP contribution in [0.15, 0.2) is 10.9 Å². The topological polar surface area (TPSA) is 130 Å². The summed E-state index contributed by atoms with van der Waals surface area (Å²) in [5, 5.41) is 2.80.